The van der Waals surface area contributed by atoms with Gasteiger partial charge in [0.2, 0.25) is 0 Å². The summed E-state index contributed by atoms with van der Waals surface area (Å²) < 4.78 is 0. The molecule has 0 radical (unpaired) electrons. The smallest absolute Gasteiger partial charge is 0.0113 e. The second-order valence-corrected chi connectivity index (χ2v) is 7.71. The fourth-order valence-corrected chi connectivity index (χ4v) is 4.15. The van der Waals surface area contributed by atoms with E-state index in [1.54, 1.807) is 0 Å². The van der Waals surface area contributed by atoms with E-state index in [1.165, 1.54) is 58.0 Å². The standard InChI is InChI=1S/C16H32N2S/c1-4-9-17-14-11-15-6-5-7-16(12-14)18(15)10-8-13(2)19-3/h13-17H,4-12H2,1-3H3. The predicted molar refractivity (Wildman–Crippen MR) is 87.0 cm³/mol. The van der Waals surface area contributed by atoms with Crippen molar-refractivity contribution >= 4 is 11.8 Å². The lowest BCUT2D eigenvalue weighted by Gasteiger charge is -2.49. The minimum absolute atomic E-state index is 0.796. The molecule has 0 aromatic carbocycles. The van der Waals surface area contributed by atoms with E-state index < -0.39 is 0 Å². The van der Waals surface area contributed by atoms with Gasteiger partial charge in [-0.3, -0.25) is 4.90 Å². The van der Waals surface area contributed by atoms with Crippen molar-refractivity contribution in [2.75, 3.05) is 19.3 Å². The van der Waals surface area contributed by atoms with Crippen molar-refractivity contribution in [3.05, 3.63) is 0 Å². The normalized spacial score (nSPS) is 33.3. The Bertz CT molecular complexity index is 245. The zero-order chi connectivity index (χ0) is 13.7. The lowest BCUT2D eigenvalue weighted by Crippen LogP contribution is -2.56. The van der Waals surface area contributed by atoms with Crippen LogP contribution in [0.1, 0.15) is 58.8 Å². The van der Waals surface area contributed by atoms with E-state index in [0.717, 1.165) is 23.4 Å². The molecular formula is C16H32N2S. The summed E-state index contributed by atoms with van der Waals surface area (Å²) in [6, 6.07) is 2.54. The van der Waals surface area contributed by atoms with Gasteiger partial charge in [-0.1, -0.05) is 20.3 Å². The van der Waals surface area contributed by atoms with Crippen molar-refractivity contribution in [1.82, 2.24) is 10.2 Å². The molecule has 1 N–H and O–H groups in total. The highest BCUT2D eigenvalue weighted by Crippen LogP contribution is 2.34. The third kappa shape index (κ3) is 4.37. The van der Waals surface area contributed by atoms with Crippen LogP contribution in [0.4, 0.5) is 0 Å². The topological polar surface area (TPSA) is 15.3 Å². The van der Waals surface area contributed by atoms with Gasteiger partial charge in [-0.15, -0.1) is 0 Å². The predicted octanol–water partition coefficient (Wildman–Crippen LogP) is 3.51. The van der Waals surface area contributed by atoms with E-state index in [1.807, 2.05) is 11.8 Å². The maximum atomic E-state index is 3.77. The van der Waals surface area contributed by atoms with E-state index >= 15 is 0 Å². The molecule has 2 heterocycles. The van der Waals surface area contributed by atoms with Crippen LogP contribution in [0.5, 0.6) is 0 Å². The number of hydrogen-bond donors (Lipinski definition) is 1. The second-order valence-electron chi connectivity index (χ2n) is 6.43. The fourth-order valence-electron chi connectivity index (χ4n) is 3.81. The van der Waals surface area contributed by atoms with Crippen LogP contribution in [-0.2, 0) is 0 Å². The van der Waals surface area contributed by atoms with Crippen LogP contribution < -0.4 is 5.32 Å². The minimum Gasteiger partial charge on any atom is -0.314 e. The van der Waals surface area contributed by atoms with Gasteiger partial charge in [0.1, 0.15) is 0 Å². The maximum absolute atomic E-state index is 3.77. The highest BCUT2D eigenvalue weighted by Gasteiger charge is 2.37. The Hall–Kier alpha value is 0.270. The van der Waals surface area contributed by atoms with Crippen molar-refractivity contribution < 1.29 is 0 Å². The highest BCUT2D eigenvalue weighted by atomic mass is 32.2. The van der Waals surface area contributed by atoms with Crippen molar-refractivity contribution in [2.24, 2.45) is 0 Å². The molecule has 112 valence electrons. The van der Waals surface area contributed by atoms with E-state index in [9.17, 15) is 0 Å². The summed E-state index contributed by atoms with van der Waals surface area (Å²) in [5, 5.41) is 4.58. The van der Waals surface area contributed by atoms with Crippen LogP contribution in [-0.4, -0.2) is 47.6 Å². The van der Waals surface area contributed by atoms with Crippen molar-refractivity contribution in [3.8, 4) is 0 Å². The molecule has 19 heavy (non-hydrogen) atoms. The van der Waals surface area contributed by atoms with Crippen molar-refractivity contribution in [1.29, 1.82) is 0 Å². The minimum atomic E-state index is 0.796. The summed E-state index contributed by atoms with van der Waals surface area (Å²) in [6.45, 7) is 7.17. The van der Waals surface area contributed by atoms with Crippen LogP contribution in [0.15, 0.2) is 0 Å². The quantitative estimate of drug-likeness (QED) is 0.770. The molecule has 3 heteroatoms. The molecule has 2 nitrogen and oxygen atoms in total. The van der Waals surface area contributed by atoms with Gasteiger partial charge in [0.15, 0.2) is 0 Å². The van der Waals surface area contributed by atoms with Crippen molar-refractivity contribution in [3.63, 3.8) is 0 Å². The Balaban J connectivity index is 1.84. The Morgan fingerprint density at radius 2 is 1.95 bits per heavy atom. The Morgan fingerprint density at radius 1 is 1.26 bits per heavy atom. The zero-order valence-corrected chi connectivity index (χ0v) is 13.8. The molecular weight excluding hydrogens is 252 g/mol. The van der Waals surface area contributed by atoms with E-state index in [0.29, 0.717) is 0 Å². The van der Waals surface area contributed by atoms with Crippen LogP contribution in [0.3, 0.4) is 0 Å². The van der Waals surface area contributed by atoms with E-state index in [-0.39, 0.29) is 0 Å². The summed E-state index contributed by atoms with van der Waals surface area (Å²) in [5.74, 6) is 0. The van der Waals surface area contributed by atoms with Crippen LogP contribution in [0, 0.1) is 0 Å². The van der Waals surface area contributed by atoms with Gasteiger partial charge in [0.25, 0.3) is 0 Å². The third-order valence-electron chi connectivity index (χ3n) is 5.01. The molecule has 3 unspecified atom stereocenters. The molecule has 2 saturated heterocycles. The molecule has 2 rings (SSSR count). The molecule has 0 saturated carbocycles. The molecule has 0 aromatic rings. The SMILES string of the molecule is CCCNC1CC2CCCC(C1)N2CCC(C)SC. The summed E-state index contributed by atoms with van der Waals surface area (Å²) in [4.78, 5) is 2.86. The molecule has 2 fully saturated rings. The molecule has 3 atom stereocenters. The second kappa shape index (κ2) is 7.90. The number of piperidine rings is 2. The van der Waals surface area contributed by atoms with Crippen LogP contribution in [0.25, 0.3) is 0 Å². The first kappa shape index (κ1) is 15.7. The number of hydrogen-bond acceptors (Lipinski definition) is 3. The molecule has 0 spiro atoms. The Morgan fingerprint density at radius 3 is 2.53 bits per heavy atom. The van der Waals surface area contributed by atoms with E-state index in [2.05, 4.69) is 30.3 Å². The third-order valence-corrected chi connectivity index (χ3v) is 6.05. The molecule has 0 aliphatic carbocycles. The van der Waals surface area contributed by atoms with E-state index in [4.69, 9.17) is 0 Å². The van der Waals surface area contributed by atoms with Gasteiger partial charge >= 0.3 is 0 Å². The maximum Gasteiger partial charge on any atom is 0.0113 e. The number of thioether (sulfide) groups is 1. The van der Waals surface area contributed by atoms with Gasteiger partial charge in [-0.25, -0.2) is 0 Å². The molecule has 2 aliphatic heterocycles. The van der Waals surface area contributed by atoms with Gasteiger partial charge in [0, 0.05) is 23.4 Å². The molecule has 2 bridgehead atoms. The lowest BCUT2D eigenvalue weighted by atomic mass is 9.81. The number of fused-ring (bicyclic) bond motifs is 2. The summed E-state index contributed by atoms with van der Waals surface area (Å²) in [6.07, 6.45) is 12.0. The van der Waals surface area contributed by atoms with Gasteiger partial charge in [0.05, 0.1) is 0 Å². The van der Waals surface area contributed by atoms with Crippen molar-refractivity contribution in [2.45, 2.75) is 82.2 Å². The number of nitrogens with one attached hydrogen (secondary N) is 1. The average molecular weight is 285 g/mol. The number of rotatable bonds is 7. The fraction of sp³-hybridized carbons (Fsp3) is 1.00. The Kier molecular flexibility index (Phi) is 6.51. The van der Waals surface area contributed by atoms with Crippen LogP contribution >= 0.6 is 11.8 Å². The lowest BCUT2D eigenvalue weighted by molar-refractivity contribution is 0.0240. The van der Waals surface area contributed by atoms with Crippen LogP contribution in [0.2, 0.25) is 0 Å². The first-order valence-electron chi connectivity index (χ1n) is 8.26. The zero-order valence-electron chi connectivity index (χ0n) is 13.0. The summed E-state index contributed by atoms with van der Waals surface area (Å²) in [7, 11) is 0. The first-order chi connectivity index (χ1) is 9.24. The highest BCUT2D eigenvalue weighted by molar-refractivity contribution is 7.99. The summed E-state index contributed by atoms with van der Waals surface area (Å²) >= 11 is 2.01. The summed E-state index contributed by atoms with van der Waals surface area (Å²) in [5.41, 5.74) is 0. The first-order valence-corrected chi connectivity index (χ1v) is 9.55. The Labute approximate surface area is 124 Å². The van der Waals surface area contributed by atoms with Gasteiger partial charge < -0.3 is 5.32 Å². The monoisotopic (exact) mass is 284 g/mol. The number of nitrogens with zero attached hydrogens (tertiary/aromatic N) is 1. The largest absolute Gasteiger partial charge is 0.314 e. The molecule has 0 amide bonds. The van der Waals surface area contributed by atoms with Gasteiger partial charge in [-0.2, -0.15) is 11.8 Å². The van der Waals surface area contributed by atoms with Gasteiger partial charge in [-0.05, 0) is 57.9 Å². The average Bonchev–Trinajstić information content (AvgIpc) is 2.41. The molecule has 2 aliphatic rings. The molecule has 0 aromatic heterocycles.